The van der Waals surface area contributed by atoms with Gasteiger partial charge in [-0.1, -0.05) is 23.8 Å². The maximum atomic E-state index is 12.0. The molecule has 0 unspecified atom stereocenters. The fourth-order valence-corrected chi connectivity index (χ4v) is 1.95. The van der Waals surface area contributed by atoms with Gasteiger partial charge in [-0.25, -0.2) is 4.79 Å². The molecule has 1 amide bonds. The van der Waals surface area contributed by atoms with Crippen molar-refractivity contribution in [2.45, 2.75) is 13.8 Å². The summed E-state index contributed by atoms with van der Waals surface area (Å²) in [5, 5.41) is 0. The molecule has 1 aliphatic heterocycles. The Balaban J connectivity index is 2.11. The number of hydrogen-bond acceptors (Lipinski definition) is 3. The van der Waals surface area contributed by atoms with Crippen LogP contribution in [0.2, 0.25) is 0 Å². The van der Waals surface area contributed by atoms with Gasteiger partial charge in [0.05, 0.1) is 13.1 Å². The van der Waals surface area contributed by atoms with E-state index in [2.05, 4.69) is 0 Å². The van der Waals surface area contributed by atoms with Gasteiger partial charge in [-0.3, -0.25) is 9.69 Å². The van der Waals surface area contributed by atoms with Crippen LogP contribution in [-0.4, -0.2) is 36.5 Å². The smallest absolute Gasteiger partial charge is 0.410 e. The number of carbonyl (C=O) groups excluding carboxylic acids is 2. The van der Waals surface area contributed by atoms with Crippen molar-refractivity contribution >= 4 is 11.9 Å². The van der Waals surface area contributed by atoms with Crippen molar-refractivity contribution in [1.29, 1.82) is 0 Å². The van der Waals surface area contributed by atoms with Gasteiger partial charge in [0.15, 0.2) is 5.78 Å². The maximum absolute atomic E-state index is 12.0. The van der Waals surface area contributed by atoms with Crippen LogP contribution in [0.5, 0.6) is 0 Å². The highest BCUT2D eigenvalue weighted by Gasteiger charge is 2.24. The number of nitrogens with zero attached hydrogens (tertiary/aromatic N) is 1. The summed E-state index contributed by atoms with van der Waals surface area (Å²) in [6.07, 6.45) is -0.400. The molecule has 1 fully saturated rings. The second-order valence-corrected chi connectivity index (χ2v) is 4.28. The Morgan fingerprint density at radius 1 is 1.41 bits per heavy atom. The third-order valence-corrected chi connectivity index (χ3v) is 2.86. The van der Waals surface area contributed by atoms with E-state index in [1.54, 1.807) is 0 Å². The fraction of sp³-hybridized carbons (Fsp3) is 0.385. The van der Waals surface area contributed by atoms with Gasteiger partial charge in [0.25, 0.3) is 0 Å². The van der Waals surface area contributed by atoms with E-state index in [-0.39, 0.29) is 12.3 Å². The molecule has 4 nitrogen and oxygen atoms in total. The third-order valence-electron chi connectivity index (χ3n) is 2.86. The first-order valence-electron chi connectivity index (χ1n) is 5.60. The zero-order valence-corrected chi connectivity index (χ0v) is 10.0. The van der Waals surface area contributed by atoms with E-state index in [1.807, 2.05) is 32.0 Å². The van der Waals surface area contributed by atoms with Crippen molar-refractivity contribution < 1.29 is 14.3 Å². The van der Waals surface area contributed by atoms with Crippen LogP contribution in [0.25, 0.3) is 0 Å². The zero-order valence-electron chi connectivity index (χ0n) is 10.0. The first kappa shape index (κ1) is 11.6. The van der Waals surface area contributed by atoms with Gasteiger partial charge in [-0.05, 0) is 19.4 Å². The summed E-state index contributed by atoms with van der Waals surface area (Å²) in [5.74, 6) is -0.0404. The van der Waals surface area contributed by atoms with Crippen LogP contribution in [0.15, 0.2) is 18.2 Å². The molecular weight excluding hydrogens is 218 g/mol. The van der Waals surface area contributed by atoms with Crippen molar-refractivity contribution in [2.75, 3.05) is 19.7 Å². The average molecular weight is 233 g/mol. The number of Topliss-reactive ketones (excluding diaryl/α,β-unsaturated/α-hetero) is 1. The molecule has 0 spiro atoms. The lowest BCUT2D eigenvalue weighted by Crippen LogP contribution is -2.30. The highest BCUT2D eigenvalue weighted by atomic mass is 16.6. The largest absolute Gasteiger partial charge is 0.448 e. The fourth-order valence-electron chi connectivity index (χ4n) is 1.95. The first-order valence-corrected chi connectivity index (χ1v) is 5.60. The van der Waals surface area contributed by atoms with E-state index < -0.39 is 6.09 Å². The van der Waals surface area contributed by atoms with E-state index in [4.69, 9.17) is 4.74 Å². The molecule has 1 aromatic rings. The van der Waals surface area contributed by atoms with Crippen LogP contribution in [0.3, 0.4) is 0 Å². The standard InChI is InChI=1S/C13H15NO3/c1-9-3-4-11(10(2)7-9)12(15)8-14-5-6-17-13(14)16/h3-4,7H,5-6,8H2,1-2H3. The summed E-state index contributed by atoms with van der Waals surface area (Å²) >= 11 is 0. The summed E-state index contributed by atoms with van der Waals surface area (Å²) in [7, 11) is 0. The number of carbonyl (C=O) groups is 2. The highest BCUT2D eigenvalue weighted by molar-refractivity contribution is 6.00. The molecule has 0 radical (unpaired) electrons. The summed E-state index contributed by atoms with van der Waals surface area (Å²) in [6, 6.07) is 5.69. The Labute approximate surface area is 100 Å². The Morgan fingerprint density at radius 3 is 2.76 bits per heavy atom. The van der Waals surface area contributed by atoms with E-state index >= 15 is 0 Å². The SMILES string of the molecule is Cc1ccc(C(=O)CN2CCOC2=O)c(C)c1. The predicted octanol–water partition coefficient (Wildman–Crippen LogP) is 1.94. The molecule has 0 bridgehead atoms. The van der Waals surface area contributed by atoms with Crippen molar-refractivity contribution in [3.63, 3.8) is 0 Å². The minimum atomic E-state index is -0.400. The van der Waals surface area contributed by atoms with Crippen molar-refractivity contribution in [3.05, 3.63) is 34.9 Å². The van der Waals surface area contributed by atoms with Crippen LogP contribution >= 0.6 is 0 Å². The lowest BCUT2D eigenvalue weighted by atomic mass is 10.0. The molecule has 4 heteroatoms. The maximum Gasteiger partial charge on any atom is 0.410 e. The van der Waals surface area contributed by atoms with E-state index in [9.17, 15) is 9.59 Å². The third kappa shape index (κ3) is 2.46. The number of rotatable bonds is 3. The van der Waals surface area contributed by atoms with Gasteiger partial charge in [-0.15, -0.1) is 0 Å². The molecule has 1 saturated heterocycles. The van der Waals surface area contributed by atoms with Gasteiger partial charge in [0.2, 0.25) is 0 Å². The van der Waals surface area contributed by atoms with Gasteiger partial charge in [0.1, 0.15) is 6.61 Å². The van der Waals surface area contributed by atoms with Crippen LogP contribution in [0, 0.1) is 13.8 Å². The normalized spacial score (nSPS) is 14.9. The van der Waals surface area contributed by atoms with E-state index in [0.29, 0.717) is 18.7 Å². The lowest BCUT2D eigenvalue weighted by molar-refractivity contribution is 0.0943. The predicted molar refractivity (Wildman–Crippen MR) is 63.2 cm³/mol. The molecule has 0 N–H and O–H groups in total. The Kier molecular flexibility index (Phi) is 3.13. The number of aryl methyl sites for hydroxylation is 2. The van der Waals surface area contributed by atoms with Crippen molar-refractivity contribution in [2.24, 2.45) is 0 Å². The van der Waals surface area contributed by atoms with Crippen molar-refractivity contribution in [1.82, 2.24) is 4.90 Å². The quantitative estimate of drug-likeness (QED) is 0.749. The number of hydrogen-bond donors (Lipinski definition) is 0. The number of cyclic esters (lactones) is 1. The van der Waals surface area contributed by atoms with Crippen molar-refractivity contribution in [3.8, 4) is 0 Å². The number of amides is 1. The summed E-state index contributed by atoms with van der Waals surface area (Å²) in [4.78, 5) is 24.7. The molecule has 1 aromatic carbocycles. The van der Waals surface area contributed by atoms with Crippen LogP contribution in [0.1, 0.15) is 21.5 Å². The molecule has 2 rings (SSSR count). The number of ether oxygens (including phenoxy) is 1. The molecule has 0 saturated carbocycles. The molecule has 1 heterocycles. The van der Waals surface area contributed by atoms with Gasteiger partial charge < -0.3 is 4.74 Å². The van der Waals surface area contributed by atoms with E-state index in [1.165, 1.54) is 4.90 Å². The average Bonchev–Trinajstić information content (AvgIpc) is 2.64. The monoisotopic (exact) mass is 233 g/mol. The van der Waals surface area contributed by atoms with Crippen LogP contribution in [0.4, 0.5) is 4.79 Å². The molecule has 0 atom stereocenters. The Morgan fingerprint density at radius 2 is 2.18 bits per heavy atom. The molecule has 1 aliphatic rings. The molecule has 17 heavy (non-hydrogen) atoms. The topological polar surface area (TPSA) is 46.6 Å². The Hall–Kier alpha value is -1.84. The number of benzene rings is 1. The Bertz CT molecular complexity index is 468. The first-order chi connectivity index (χ1) is 8.08. The summed E-state index contributed by atoms with van der Waals surface area (Å²) in [6.45, 7) is 4.86. The van der Waals surface area contributed by atoms with Gasteiger partial charge in [-0.2, -0.15) is 0 Å². The van der Waals surface area contributed by atoms with Gasteiger partial charge in [0, 0.05) is 5.56 Å². The minimum absolute atomic E-state index is 0.0404. The molecular formula is C13H15NO3. The second-order valence-electron chi connectivity index (χ2n) is 4.28. The van der Waals surface area contributed by atoms with Gasteiger partial charge >= 0.3 is 6.09 Å². The molecule has 90 valence electrons. The molecule has 0 aromatic heterocycles. The molecule has 0 aliphatic carbocycles. The summed E-state index contributed by atoms with van der Waals surface area (Å²) < 4.78 is 4.79. The van der Waals surface area contributed by atoms with Crippen LogP contribution < -0.4 is 0 Å². The van der Waals surface area contributed by atoms with Crippen LogP contribution in [-0.2, 0) is 4.74 Å². The van der Waals surface area contributed by atoms with E-state index in [0.717, 1.165) is 11.1 Å². The second kappa shape index (κ2) is 4.57. The zero-order chi connectivity index (χ0) is 12.4. The minimum Gasteiger partial charge on any atom is -0.448 e. The number of ketones is 1. The highest BCUT2D eigenvalue weighted by Crippen LogP contribution is 2.13. The lowest BCUT2D eigenvalue weighted by Gasteiger charge is -2.12. The summed E-state index contributed by atoms with van der Waals surface area (Å²) in [5.41, 5.74) is 2.75.